The zero-order valence-corrected chi connectivity index (χ0v) is 15.6. The van der Waals surface area contributed by atoms with Crippen LogP contribution >= 0.6 is 0 Å². The first-order chi connectivity index (χ1) is 11.2. The molecule has 2 heterocycles. The molecule has 0 saturated carbocycles. The molecule has 0 radical (unpaired) electrons. The predicted octanol–water partition coefficient (Wildman–Crippen LogP) is 1.64. The molecule has 0 aliphatic rings. The monoisotopic (exact) mass is 354 g/mol. The Kier molecular flexibility index (Phi) is 5.82. The van der Waals surface area contributed by atoms with E-state index in [4.69, 9.17) is 10.5 Å². The number of fused-ring (bicyclic) bond motifs is 1. The van der Waals surface area contributed by atoms with Crippen LogP contribution in [0.5, 0.6) is 0 Å². The minimum Gasteiger partial charge on any atom is -0.384 e. The number of hydrogen-bond donors (Lipinski definition) is 1. The van der Waals surface area contributed by atoms with E-state index in [0.29, 0.717) is 37.3 Å². The van der Waals surface area contributed by atoms with E-state index in [9.17, 15) is 8.42 Å². The Morgan fingerprint density at radius 2 is 1.92 bits per heavy atom. The van der Waals surface area contributed by atoms with Gasteiger partial charge in [0.05, 0.1) is 12.1 Å². The van der Waals surface area contributed by atoms with E-state index in [1.54, 1.807) is 7.11 Å². The number of unbranched alkanes of at least 4 members (excludes halogenated alkanes) is 1. The molecule has 0 saturated heterocycles. The molecule has 0 aliphatic heterocycles. The maximum Gasteiger partial charge on any atom is 0.151 e. The maximum absolute atomic E-state index is 11.3. The second-order valence-corrected chi connectivity index (χ2v) is 8.42. The molecule has 0 aromatic carbocycles. The molecule has 2 rings (SSSR count). The minimum absolute atomic E-state index is 0.203. The van der Waals surface area contributed by atoms with Gasteiger partial charge in [0.2, 0.25) is 0 Å². The summed E-state index contributed by atoms with van der Waals surface area (Å²) in [6, 6.07) is 0. The van der Waals surface area contributed by atoms with Crippen molar-refractivity contribution in [2.24, 2.45) is 0 Å². The molecule has 0 amide bonds. The van der Waals surface area contributed by atoms with E-state index in [1.165, 1.54) is 6.26 Å². The quantitative estimate of drug-likeness (QED) is 0.724. The summed E-state index contributed by atoms with van der Waals surface area (Å²) in [5.74, 6) is 1.53. The van der Waals surface area contributed by atoms with Gasteiger partial charge in [-0.15, -0.1) is 0 Å². The van der Waals surface area contributed by atoms with Gasteiger partial charge in [-0.2, -0.15) is 0 Å². The van der Waals surface area contributed by atoms with Crippen LogP contribution in [0.3, 0.4) is 0 Å². The molecule has 0 fully saturated rings. The molecule has 7 nitrogen and oxygen atoms in total. The average Bonchev–Trinajstić information content (AvgIpc) is 2.85. The molecule has 134 valence electrons. The van der Waals surface area contributed by atoms with Crippen LogP contribution in [0.4, 0.5) is 5.82 Å². The number of ether oxygens (including phenoxy) is 1. The number of aryl methyl sites for hydroxylation is 3. The Bertz CT molecular complexity index is 828. The van der Waals surface area contributed by atoms with E-state index in [-0.39, 0.29) is 5.75 Å². The van der Waals surface area contributed by atoms with Crippen molar-refractivity contribution in [1.82, 2.24) is 14.5 Å². The SMILES string of the molecule is COCCc1nc2c(N)nc(C)c(C)c2n1CCCCS(C)(=O)=O. The van der Waals surface area contributed by atoms with Crippen LogP contribution in [0.25, 0.3) is 11.0 Å². The summed E-state index contributed by atoms with van der Waals surface area (Å²) >= 11 is 0. The van der Waals surface area contributed by atoms with Gasteiger partial charge in [0.25, 0.3) is 0 Å². The number of pyridine rings is 1. The van der Waals surface area contributed by atoms with E-state index in [2.05, 4.69) is 14.5 Å². The first-order valence-corrected chi connectivity index (χ1v) is 10.1. The van der Waals surface area contributed by atoms with Gasteiger partial charge in [-0.25, -0.2) is 18.4 Å². The Labute approximate surface area is 143 Å². The van der Waals surface area contributed by atoms with Crippen LogP contribution < -0.4 is 5.73 Å². The van der Waals surface area contributed by atoms with Crippen molar-refractivity contribution in [2.45, 2.75) is 39.7 Å². The minimum atomic E-state index is -2.93. The standard InChI is InChI=1S/C16H26N4O3S/c1-11-12(2)18-16(17)14-15(11)20(13(19-14)7-9-23-3)8-5-6-10-24(4,21)22/h5-10H2,1-4H3,(H2,17,18). The Hall–Kier alpha value is -1.67. The summed E-state index contributed by atoms with van der Waals surface area (Å²) in [5.41, 5.74) is 9.70. The highest BCUT2D eigenvalue weighted by Gasteiger charge is 2.17. The summed E-state index contributed by atoms with van der Waals surface area (Å²) < 4.78 is 29.9. The molecule has 0 unspecified atom stereocenters. The lowest BCUT2D eigenvalue weighted by molar-refractivity contribution is 0.199. The van der Waals surface area contributed by atoms with Gasteiger partial charge in [0.15, 0.2) is 5.82 Å². The number of methoxy groups -OCH3 is 1. The van der Waals surface area contributed by atoms with E-state index < -0.39 is 9.84 Å². The predicted molar refractivity (Wildman–Crippen MR) is 95.9 cm³/mol. The molecule has 0 spiro atoms. The zero-order valence-electron chi connectivity index (χ0n) is 14.8. The lowest BCUT2D eigenvalue weighted by atomic mass is 10.2. The Morgan fingerprint density at radius 3 is 2.54 bits per heavy atom. The topological polar surface area (TPSA) is 100 Å². The third-order valence-electron chi connectivity index (χ3n) is 4.15. The van der Waals surface area contributed by atoms with Crippen molar-refractivity contribution in [1.29, 1.82) is 0 Å². The number of nitrogens with two attached hydrogens (primary N) is 1. The van der Waals surface area contributed by atoms with Crippen molar-refractivity contribution in [3.8, 4) is 0 Å². The molecule has 0 bridgehead atoms. The third kappa shape index (κ3) is 4.24. The molecule has 2 aromatic heterocycles. The smallest absolute Gasteiger partial charge is 0.151 e. The summed E-state index contributed by atoms with van der Waals surface area (Å²) in [7, 11) is -1.27. The number of anilines is 1. The summed E-state index contributed by atoms with van der Waals surface area (Å²) in [6.45, 7) is 5.21. The van der Waals surface area contributed by atoms with Gasteiger partial charge in [-0.1, -0.05) is 0 Å². The lowest BCUT2D eigenvalue weighted by Gasteiger charge is -2.11. The lowest BCUT2D eigenvalue weighted by Crippen LogP contribution is -2.10. The Balaban J connectivity index is 2.36. The van der Waals surface area contributed by atoms with Gasteiger partial charge in [-0.3, -0.25) is 0 Å². The van der Waals surface area contributed by atoms with E-state index >= 15 is 0 Å². The van der Waals surface area contributed by atoms with Crippen LogP contribution in [0.15, 0.2) is 0 Å². The summed E-state index contributed by atoms with van der Waals surface area (Å²) in [6.07, 6.45) is 3.33. The van der Waals surface area contributed by atoms with Crippen molar-refractivity contribution < 1.29 is 13.2 Å². The molecular formula is C16H26N4O3S. The maximum atomic E-state index is 11.3. The van der Waals surface area contributed by atoms with Crippen LogP contribution in [-0.2, 0) is 27.5 Å². The second-order valence-electron chi connectivity index (χ2n) is 6.16. The fraction of sp³-hybridized carbons (Fsp3) is 0.625. The van der Waals surface area contributed by atoms with Crippen molar-refractivity contribution in [3.63, 3.8) is 0 Å². The van der Waals surface area contributed by atoms with Crippen molar-refractivity contribution >= 4 is 26.7 Å². The summed E-state index contributed by atoms with van der Waals surface area (Å²) in [4.78, 5) is 9.01. The van der Waals surface area contributed by atoms with Gasteiger partial charge < -0.3 is 15.0 Å². The van der Waals surface area contributed by atoms with Crippen LogP contribution in [0, 0.1) is 13.8 Å². The highest BCUT2D eigenvalue weighted by molar-refractivity contribution is 7.90. The van der Waals surface area contributed by atoms with Crippen LogP contribution in [0.2, 0.25) is 0 Å². The molecule has 8 heteroatoms. The van der Waals surface area contributed by atoms with Crippen molar-refractivity contribution in [3.05, 3.63) is 17.1 Å². The second kappa shape index (κ2) is 7.48. The van der Waals surface area contributed by atoms with Gasteiger partial charge in [0, 0.05) is 37.8 Å². The highest BCUT2D eigenvalue weighted by atomic mass is 32.2. The molecule has 2 aromatic rings. The van der Waals surface area contributed by atoms with E-state index in [0.717, 1.165) is 29.0 Å². The van der Waals surface area contributed by atoms with E-state index in [1.807, 2.05) is 13.8 Å². The number of aromatic nitrogens is 3. The molecule has 24 heavy (non-hydrogen) atoms. The number of imidazole rings is 1. The highest BCUT2D eigenvalue weighted by Crippen LogP contribution is 2.26. The average molecular weight is 354 g/mol. The molecule has 2 N–H and O–H groups in total. The van der Waals surface area contributed by atoms with Crippen LogP contribution in [-0.4, -0.2) is 48.7 Å². The first-order valence-electron chi connectivity index (χ1n) is 8.03. The Morgan fingerprint density at radius 1 is 1.21 bits per heavy atom. The molecule has 0 atom stereocenters. The van der Waals surface area contributed by atoms with Gasteiger partial charge in [-0.05, 0) is 32.3 Å². The number of rotatable bonds is 8. The number of nitrogen functional groups attached to an aromatic ring is 1. The molecule has 0 aliphatic carbocycles. The van der Waals surface area contributed by atoms with Gasteiger partial charge >= 0.3 is 0 Å². The van der Waals surface area contributed by atoms with Crippen molar-refractivity contribution in [2.75, 3.05) is 31.5 Å². The first kappa shape index (κ1) is 18.7. The fourth-order valence-corrected chi connectivity index (χ4v) is 3.53. The normalized spacial score (nSPS) is 12.2. The molecular weight excluding hydrogens is 328 g/mol. The fourth-order valence-electron chi connectivity index (χ4n) is 2.81. The number of nitrogens with zero attached hydrogens (tertiary/aromatic N) is 3. The van der Waals surface area contributed by atoms with Crippen LogP contribution in [0.1, 0.15) is 29.9 Å². The largest absolute Gasteiger partial charge is 0.384 e. The third-order valence-corrected chi connectivity index (χ3v) is 5.18. The number of hydrogen-bond acceptors (Lipinski definition) is 6. The number of sulfone groups is 1. The van der Waals surface area contributed by atoms with Gasteiger partial charge in [0.1, 0.15) is 21.2 Å². The summed E-state index contributed by atoms with van der Waals surface area (Å²) in [5, 5.41) is 0. The zero-order chi connectivity index (χ0) is 17.9.